The monoisotopic (exact) mass is 381 g/mol. The minimum Gasteiger partial charge on any atom is -0.336 e. The van der Waals surface area contributed by atoms with E-state index in [2.05, 4.69) is 5.10 Å². The molecule has 3 rings (SSSR count). The molecule has 0 radical (unpaired) electrons. The number of rotatable bonds is 5. The smallest absolute Gasteiger partial charge is 0.255 e. The molecule has 134 valence electrons. The lowest BCUT2D eigenvalue weighted by molar-refractivity contribution is 0.0783. The zero-order chi connectivity index (χ0) is 18.0. The lowest BCUT2D eigenvalue weighted by atomic mass is 10.2. The largest absolute Gasteiger partial charge is 0.336 e. The molecule has 25 heavy (non-hydrogen) atoms. The molecule has 1 aliphatic heterocycles. The predicted octanol–water partition coefficient (Wildman–Crippen LogP) is 2.81. The Hall–Kier alpha value is -1.86. The Morgan fingerprint density at radius 3 is 2.80 bits per heavy atom. The van der Waals surface area contributed by atoms with E-state index in [1.807, 2.05) is 6.92 Å². The summed E-state index contributed by atoms with van der Waals surface area (Å²) in [5, 5.41) is 4.75. The van der Waals surface area contributed by atoms with Crippen molar-refractivity contribution in [3.8, 4) is 0 Å². The Morgan fingerprint density at radius 2 is 2.12 bits per heavy atom. The highest BCUT2D eigenvalue weighted by Gasteiger charge is 2.31. The van der Waals surface area contributed by atoms with Crippen molar-refractivity contribution < 1.29 is 13.2 Å². The summed E-state index contributed by atoms with van der Waals surface area (Å²) in [6.07, 6.45) is 4.57. The fraction of sp³-hybridized carbons (Fsp3) is 0.412. The van der Waals surface area contributed by atoms with Crippen LogP contribution in [0, 0.1) is 0 Å². The molecule has 0 bridgehead atoms. The molecule has 1 unspecified atom stereocenters. The highest BCUT2D eigenvalue weighted by molar-refractivity contribution is 7.91. The third-order valence-corrected chi connectivity index (χ3v) is 6.49. The van der Waals surface area contributed by atoms with Gasteiger partial charge in [-0.1, -0.05) is 30.7 Å². The van der Waals surface area contributed by atoms with Crippen molar-refractivity contribution in [3.63, 3.8) is 0 Å². The third kappa shape index (κ3) is 3.72. The second kappa shape index (κ2) is 7.17. The second-order valence-electron chi connectivity index (χ2n) is 6.15. The molecule has 0 aliphatic carbocycles. The molecule has 1 fully saturated rings. The molecule has 0 spiro atoms. The number of halogens is 1. The standard InChI is InChI=1S/C17H20ClN3O3S/c1-2-9-25(23,24)16-6-4-3-5-15(16)17(22)20-8-7-14(12-20)21-11-13(18)10-19-21/h3-6,10-11,14H,2,7-9,12H2,1H3. The molecule has 1 amide bonds. The molecule has 1 saturated heterocycles. The molecule has 2 aromatic rings. The van der Waals surface area contributed by atoms with E-state index in [-0.39, 0.29) is 28.2 Å². The lowest BCUT2D eigenvalue weighted by Gasteiger charge is -2.18. The number of benzene rings is 1. The first kappa shape index (κ1) is 17.9. The van der Waals surface area contributed by atoms with Crippen LogP contribution in [-0.4, -0.2) is 47.8 Å². The number of nitrogens with zero attached hydrogens (tertiary/aromatic N) is 3. The summed E-state index contributed by atoms with van der Waals surface area (Å²) in [4.78, 5) is 14.7. The summed E-state index contributed by atoms with van der Waals surface area (Å²) in [6, 6.07) is 6.50. The van der Waals surface area contributed by atoms with Crippen LogP contribution in [0.3, 0.4) is 0 Å². The van der Waals surface area contributed by atoms with E-state index in [1.54, 1.807) is 40.2 Å². The average Bonchev–Trinajstić information content (AvgIpc) is 3.23. The summed E-state index contributed by atoms with van der Waals surface area (Å²) in [7, 11) is -3.46. The van der Waals surface area contributed by atoms with Gasteiger partial charge in [0, 0.05) is 19.3 Å². The number of carbonyl (C=O) groups excluding carboxylic acids is 1. The van der Waals surface area contributed by atoms with Crippen molar-refractivity contribution >= 4 is 27.3 Å². The third-order valence-electron chi connectivity index (χ3n) is 4.32. The van der Waals surface area contributed by atoms with Crippen molar-refractivity contribution in [2.45, 2.75) is 30.7 Å². The molecule has 0 saturated carbocycles. The van der Waals surface area contributed by atoms with E-state index in [1.165, 1.54) is 6.07 Å². The van der Waals surface area contributed by atoms with Gasteiger partial charge in [0.25, 0.3) is 5.91 Å². The Kier molecular flexibility index (Phi) is 5.15. The summed E-state index contributed by atoms with van der Waals surface area (Å²) >= 11 is 5.90. The quantitative estimate of drug-likeness (QED) is 0.798. The van der Waals surface area contributed by atoms with Gasteiger partial charge in [-0.2, -0.15) is 5.10 Å². The fourth-order valence-electron chi connectivity index (χ4n) is 3.12. The normalized spacial score (nSPS) is 17.8. The second-order valence-corrected chi connectivity index (χ2v) is 8.66. The van der Waals surface area contributed by atoms with E-state index < -0.39 is 9.84 Å². The van der Waals surface area contributed by atoms with Gasteiger partial charge >= 0.3 is 0 Å². The van der Waals surface area contributed by atoms with Crippen LogP contribution in [0.1, 0.15) is 36.2 Å². The van der Waals surface area contributed by atoms with Crippen molar-refractivity contribution in [2.24, 2.45) is 0 Å². The van der Waals surface area contributed by atoms with Crippen LogP contribution in [0.5, 0.6) is 0 Å². The first-order valence-electron chi connectivity index (χ1n) is 8.23. The Morgan fingerprint density at radius 1 is 1.36 bits per heavy atom. The van der Waals surface area contributed by atoms with Crippen LogP contribution in [-0.2, 0) is 9.84 Å². The van der Waals surface area contributed by atoms with Crippen LogP contribution in [0.15, 0.2) is 41.6 Å². The van der Waals surface area contributed by atoms with Gasteiger partial charge in [-0.25, -0.2) is 8.42 Å². The average molecular weight is 382 g/mol. The minimum atomic E-state index is -3.46. The van der Waals surface area contributed by atoms with Crippen LogP contribution in [0.2, 0.25) is 5.02 Å². The van der Waals surface area contributed by atoms with Crippen molar-refractivity contribution in [1.29, 1.82) is 0 Å². The zero-order valence-electron chi connectivity index (χ0n) is 13.9. The van der Waals surface area contributed by atoms with Gasteiger partial charge in [0.15, 0.2) is 9.84 Å². The van der Waals surface area contributed by atoms with Gasteiger partial charge in [0.1, 0.15) is 0 Å². The number of likely N-dealkylation sites (tertiary alicyclic amines) is 1. The molecular formula is C17H20ClN3O3S. The van der Waals surface area contributed by atoms with Crippen LogP contribution in [0.25, 0.3) is 0 Å². The van der Waals surface area contributed by atoms with Crippen molar-refractivity contribution in [3.05, 3.63) is 47.2 Å². The highest BCUT2D eigenvalue weighted by atomic mass is 35.5. The molecule has 1 aromatic heterocycles. The molecule has 1 atom stereocenters. The topological polar surface area (TPSA) is 72.3 Å². The van der Waals surface area contributed by atoms with Gasteiger partial charge in [-0.05, 0) is 25.0 Å². The van der Waals surface area contributed by atoms with E-state index >= 15 is 0 Å². The van der Waals surface area contributed by atoms with Gasteiger partial charge in [-0.15, -0.1) is 0 Å². The van der Waals surface area contributed by atoms with Gasteiger partial charge < -0.3 is 4.90 Å². The fourth-order valence-corrected chi connectivity index (χ4v) is 4.80. The molecule has 1 aromatic carbocycles. The predicted molar refractivity (Wildman–Crippen MR) is 95.6 cm³/mol. The number of amides is 1. The van der Waals surface area contributed by atoms with E-state index in [0.717, 1.165) is 6.42 Å². The molecule has 0 N–H and O–H groups in total. The maximum Gasteiger partial charge on any atom is 0.255 e. The molecule has 2 heterocycles. The Bertz CT molecular complexity index is 879. The SMILES string of the molecule is CCCS(=O)(=O)c1ccccc1C(=O)N1CCC(n2cc(Cl)cn2)C1. The minimum absolute atomic E-state index is 0.0334. The number of aromatic nitrogens is 2. The summed E-state index contributed by atoms with van der Waals surface area (Å²) < 4.78 is 26.7. The number of hydrogen-bond donors (Lipinski definition) is 0. The molecule has 6 nitrogen and oxygen atoms in total. The zero-order valence-corrected chi connectivity index (χ0v) is 15.5. The molecule has 8 heteroatoms. The number of hydrogen-bond acceptors (Lipinski definition) is 4. The van der Waals surface area contributed by atoms with Crippen LogP contribution in [0.4, 0.5) is 0 Å². The van der Waals surface area contributed by atoms with Crippen molar-refractivity contribution in [1.82, 2.24) is 14.7 Å². The van der Waals surface area contributed by atoms with Gasteiger partial charge in [0.05, 0.1) is 33.5 Å². The van der Waals surface area contributed by atoms with Gasteiger partial charge in [-0.3, -0.25) is 9.48 Å². The van der Waals surface area contributed by atoms with Gasteiger partial charge in [0.2, 0.25) is 0 Å². The molecule has 1 aliphatic rings. The van der Waals surface area contributed by atoms with E-state index in [4.69, 9.17) is 11.6 Å². The number of sulfone groups is 1. The maximum atomic E-state index is 12.9. The highest BCUT2D eigenvalue weighted by Crippen LogP contribution is 2.26. The summed E-state index contributed by atoms with van der Waals surface area (Å²) in [5.74, 6) is -0.220. The van der Waals surface area contributed by atoms with E-state index in [9.17, 15) is 13.2 Å². The Balaban J connectivity index is 1.83. The van der Waals surface area contributed by atoms with Crippen LogP contribution < -0.4 is 0 Å². The molecular weight excluding hydrogens is 362 g/mol. The first-order chi connectivity index (χ1) is 11.9. The Labute approximate surface area is 152 Å². The summed E-state index contributed by atoms with van der Waals surface area (Å²) in [5.41, 5.74) is 0.245. The number of carbonyl (C=O) groups is 1. The summed E-state index contributed by atoms with van der Waals surface area (Å²) in [6.45, 7) is 2.85. The van der Waals surface area contributed by atoms with E-state index in [0.29, 0.717) is 24.5 Å². The lowest BCUT2D eigenvalue weighted by Crippen LogP contribution is -2.30. The van der Waals surface area contributed by atoms with Crippen LogP contribution >= 0.6 is 11.6 Å². The van der Waals surface area contributed by atoms with Crippen molar-refractivity contribution in [2.75, 3.05) is 18.8 Å². The maximum absolute atomic E-state index is 12.9. The first-order valence-corrected chi connectivity index (χ1v) is 10.3.